The highest BCUT2D eigenvalue weighted by atomic mass is 35.5. The van der Waals surface area contributed by atoms with E-state index in [1.165, 1.54) is 6.07 Å². The van der Waals surface area contributed by atoms with E-state index in [-0.39, 0.29) is 11.8 Å². The van der Waals surface area contributed by atoms with Crippen molar-refractivity contribution in [3.63, 3.8) is 0 Å². The highest BCUT2D eigenvalue weighted by molar-refractivity contribution is 6.30. The van der Waals surface area contributed by atoms with Crippen LogP contribution in [0.4, 0.5) is 19.0 Å². The van der Waals surface area contributed by atoms with E-state index in [9.17, 15) is 18.0 Å². The Morgan fingerprint density at radius 3 is 2.36 bits per heavy atom. The van der Waals surface area contributed by atoms with Crippen molar-refractivity contribution in [1.29, 1.82) is 0 Å². The first-order valence-corrected chi connectivity index (χ1v) is 9.39. The number of carbonyl (C=O) groups excluding carboxylic acids is 1. The molecule has 1 aliphatic heterocycles. The first-order chi connectivity index (χ1) is 13.2. The molecule has 0 unspecified atom stereocenters. The van der Waals surface area contributed by atoms with E-state index >= 15 is 0 Å². The summed E-state index contributed by atoms with van der Waals surface area (Å²) >= 11 is 5.88. The molecular weight excluding hydrogens is 391 g/mol. The Morgan fingerprint density at radius 1 is 1.18 bits per heavy atom. The van der Waals surface area contributed by atoms with Crippen LogP contribution in [0.15, 0.2) is 42.6 Å². The molecule has 150 valence electrons. The molecule has 0 atom stereocenters. The van der Waals surface area contributed by atoms with Gasteiger partial charge in [0.15, 0.2) is 0 Å². The van der Waals surface area contributed by atoms with E-state index in [2.05, 4.69) is 4.98 Å². The first-order valence-electron chi connectivity index (χ1n) is 9.01. The van der Waals surface area contributed by atoms with E-state index in [0.29, 0.717) is 43.3 Å². The number of rotatable bonds is 4. The molecule has 1 amide bonds. The van der Waals surface area contributed by atoms with E-state index in [1.807, 2.05) is 17.0 Å². The number of hydrogen-bond acceptors (Lipinski definition) is 3. The van der Waals surface area contributed by atoms with Gasteiger partial charge in [-0.05, 0) is 42.7 Å². The van der Waals surface area contributed by atoms with Crippen LogP contribution < -0.4 is 4.90 Å². The summed E-state index contributed by atoms with van der Waals surface area (Å²) in [6.07, 6.45) is -2.24. The molecule has 0 saturated carbocycles. The fourth-order valence-electron chi connectivity index (χ4n) is 3.35. The normalized spacial score (nSPS) is 15.5. The van der Waals surface area contributed by atoms with Gasteiger partial charge in [-0.25, -0.2) is 4.98 Å². The summed E-state index contributed by atoms with van der Waals surface area (Å²) in [5.74, 6) is 0.492. The number of piperidine rings is 1. The van der Waals surface area contributed by atoms with Crippen molar-refractivity contribution in [2.45, 2.75) is 25.6 Å². The monoisotopic (exact) mass is 411 g/mol. The maximum atomic E-state index is 12.7. The molecule has 0 N–H and O–H groups in total. The van der Waals surface area contributed by atoms with Gasteiger partial charge in [-0.15, -0.1) is 0 Å². The van der Waals surface area contributed by atoms with E-state index in [4.69, 9.17) is 11.6 Å². The van der Waals surface area contributed by atoms with E-state index in [1.54, 1.807) is 24.1 Å². The number of anilines is 1. The van der Waals surface area contributed by atoms with Crippen LogP contribution in [0.25, 0.3) is 0 Å². The van der Waals surface area contributed by atoms with Crippen LogP contribution in [-0.2, 0) is 17.5 Å². The van der Waals surface area contributed by atoms with Gasteiger partial charge in [0.25, 0.3) is 0 Å². The Balaban J connectivity index is 1.54. The average Bonchev–Trinajstić information content (AvgIpc) is 2.69. The lowest BCUT2D eigenvalue weighted by molar-refractivity contribution is -0.138. The van der Waals surface area contributed by atoms with Crippen LogP contribution in [0, 0.1) is 5.92 Å². The molecule has 8 heteroatoms. The molecule has 2 aromatic rings. The predicted molar refractivity (Wildman–Crippen MR) is 102 cm³/mol. The van der Waals surface area contributed by atoms with Gasteiger partial charge in [0.05, 0.1) is 5.56 Å². The maximum absolute atomic E-state index is 12.7. The molecule has 1 fully saturated rings. The number of aromatic nitrogens is 1. The topological polar surface area (TPSA) is 36.4 Å². The molecule has 1 saturated heterocycles. The Morgan fingerprint density at radius 2 is 1.82 bits per heavy atom. The summed E-state index contributed by atoms with van der Waals surface area (Å²) in [7, 11) is 1.78. The van der Waals surface area contributed by atoms with Crippen LogP contribution in [-0.4, -0.2) is 35.9 Å². The summed E-state index contributed by atoms with van der Waals surface area (Å²) in [6.45, 7) is 1.68. The predicted octanol–water partition coefficient (Wildman–Crippen LogP) is 4.63. The number of halogens is 4. The average molecular weight is 412 g/mol. The van der Waals surface area contributed by atoms with Crippen molar-refractivity contribution < 1.29 is 18.0 Å². The zero-order valence-corrected chi connectivity index (χ0v) is 16.2. The second kappa shape index (κ2) is 8.39. The van der Waals surface area contributed by atoms with Gasteiger partial charge in [0.2, 0.25) is 5.91 Å². The van der Waals surface area contributed by atoms with Gasteiger partial charge in [0.1, 0.15) is 5.82 Å². The molecule has 28 heavy (non-hydrogen) atoms. The summed E-state index contributed by atoms with van der Waals surface area (Å²) in [5.41, 5.74) is 0.247. The van der Waals surface area contributed by atoms with Crippen molar-refractivity contribution in [1.82, 2.24) is 9.88 Å². The first kappa shape index (κ1) is 20.5. The summed E-state index contributed by atoms with van der Waals surface area (Å²) in [6, 6.07) is 9.81. The van der Waals surface area contributed by atoms with Crippen LogP contribution in [0.2, 0.25) is 5.02 Å². The minimum atomic E-state index is -4.39. The fraction of sp³-hybridized carbons (Fsp3) is 0.400. The lowest BCUT2D eigenvalue weighted by atomic mass is 9.95. The minimum absolute atomic E-state index is 0.0787. The Bertz CT molecular complexity index is 801. The third-order valence-electron chi connectivity index (χ3n) is 4.95. The maximum Gasteiger partial charge on any atom is 0.417 e. The smallest absolute Gasteiger partial charge is 0.357 e. The number of alkyl halides is 3. The van der Waals surface area contributed by atoms with Crippen molar-refractivity contribution in [2.24, 2.45) is 5.92 Å². The number of amides is 1. The molecule has 4 nitrogen and oxygen atoms in total. The Kier molecular flexibility index (Phi) is 6.13. The van der Waals surface area contributed by atoms with Crippen molar-refractivity contribution in [2.75, 3.05) is 25.0 Å². The summed E-state index contributed by atoms with van der Waals surface area (Å²) < 4.78 is 38.0. The third kappa shape index (κ3) is 4.95. The number of nitrogens with zero attached hydrogens (tertiary/aromatic N) is 3. The molecule has 1 aromatic carbocycles. The number of carbonyl (C=O) groups is 1. The van der Waals surface area contributed by atoms with Crippen LogP contribution in [0.1, 0.15) is 24.0 Å². The van der Waals surface area contributed by atoms with E-state index in [0.717, 1.165) is 17.8 Å². The van der Waals surface area contributed by atoms with Gasteiger partial charge in [-0.1, -0.05) is 23.7 Å². The van der Waals surface area contributed by atoms with Crippen molar-refractivity contribution in [3.8, 4) is 0 Å². The second-order valence-electron chi connectivity index (χ2n) is 6.98. The standard InChI is InChI=1S/C20H21ClF3N3O/c1-26(13-14-2-5-17(21)6-3-14)19(28)15-8-10-27(11-9-15)18-7-4-16(12-25-18)20(22,23)24/h2-7,12,15H,8-11,13H2,1H3. The lowest BCUT2D eigenvalue weighted by Crippen LogP contribution is -2.41. The SMILES string of the molecule is CN(Cc1ccc(Cl)cc1)C(=O)C1CCN(c2ccc(C(F)(F)F)cn2)CC1. The molecule has 0 aliphatic carbocycles. The lowest BCUT2D eigenvalue weighted by Gasteiger charge is -2.34. The molecule has 0 bridgehead atoms. The van der Waals surface area contributed by atoms with Crippen LogP contribution in [0.3, 0.4) is 0 Å². The molecule has 3 rings (SSSR count). The second-order valence-corrected chi connectivity index (χ2v) is 7.42. The number of pyridine rings is 1. The quantitative estimate of drug-likeness (QED) is 0.736. The van der Waals surface area contributed by atoms with Gasteiger partial charge in [0, 0.05) is 43.8 Å². The summed E-state index contributed by atoms with van der Waals surface area (Å²) in [5, 5.41) is 0.655. The molecule has 2 heterocycles. The largest absolute Gasteiger partial charge is 0.417 e. The van der Waals surface area contributed by atoms with E-state index < -0.39 is 11.7 Å². The van der Waals surface area contributed by atoms with Crippen LogP contribution in [0.5, 0.6) is 0 Å². The number of hydrogen-bond donors (Lipinski definition) is 0. The third-order valence-corrected chi connectivity index (χ3v) is 5.20. The minimum Gasteiger partial charge on any atom is -0.357 e. The molecule has 1 aromatic heterocycles. The number of benzene rings is 1. The highest BCUT2D eigenvalue weighted by Gasteiger charge is 2.32. The zero-order valence-electron chi connectivity index (χ0n) is 15.4. The van der Waals surface area contributed by atoms with Crippen LogP contribution >= 0.6 is 11.6 Å². The zero-order chi connectivity index (χ0) is 20.3. The molecule has 0 spiro atoms. The molecule has 0 radical (unpaired) electrons. The Hall–Kier alpha value is -2.28. The van der Waals surface area contributed by atoms with Gasteiger partial charge < -0.3 is 9.80 Å². The molecule has 1 aliphatic rings. The van der Waals surface area contributed by atoms with Gasteiger partial charge in [-0.3, -0.25) is 4.79 Å². The van der Waals surface area contributed by atoms with Gasteiger partial charge in [-0.2, -0.15) is 13.2 Å². The van der Waals surface area contributed by atoms with Crippen molar-refractivity contribution >= 4 is 23.3 Å². The Labute approximate surface area is 166 Å². The molecular formula is C20H21ClF3N3O. The summed E-state index contributed by atoms with van der Waals surface area (Å²) in [4.78, 5) is 20.3. The van der Waals surface area contributed by atoms with Gasteiger partial charge >= 0.3 is 6.18 Å². The van der Waals surface area contributed by atoms with Crippen molar-refractivity contribution in [3.05, 3.63) is 58.7 Å². The highest BCUT2D eigenvalue weighted by Crippen LogP contribution is 2.30. The fourth-order valence-corrected chi connectivity index (χ4v) is 3.48.